The van der Waals surface area contributed by atoms with Crippen LogP contribution in [0.5, 0.6) is 0 Å². The van der Waals surface area contributed by atoms with Gasteiger partial charge in [-0.15, -0.1) is 11.6 Å². The number of carbonyl (C=O) groups excluding carboxylic acids is 6. The van der Waals surface area contributed by atoms with Crippen LogP contribution in [0.2, 0.25) is 25.1 Å². The van der Waals surface area contributed by atoms with E-state index in [2.05, 4.69) is 62.8 Å². The average molecular weight is 2000 g/mol. The Hall–Kier alpha value is -12.1. The van der Waals surface area contributed by atoms with Gasteiger partial charge in [0, 0.05) is 113 Å². The van der Waals surface area contributed by atoms with Gasteiger partial charge in [-0.25, -0.2) is 14.4 Å². The monoisotopic (exact) mass is 1990 g/mol. The number of halogens is 6. The van der Waals surface area contributed by atoms with Crippen LogP contribution >= 0.6 is 69.8 Å². The molecule has 10 aromatic carbocycles. The van der Waals surface area contributed by atoms with Gasteiger partial charge in [-0.1, -0.05) is 287 Å². The Morgan fingerprint density at radius 1 is 0.449 bits per heavy atom. The van der Waals surface area contributed by atoms with Gasteiger partial charge in [-0.2, -0.15) is 0 Å². The van der Waals surface area contributed by atoms with Gasteiger partial charge >= 0.3 is 18.3 Å². The number of carbonyl (C=O) groups is 6. The maximum Gasteiger partial charge on any atom is 0.407 e. The maximum atomic E-state index is 12.9. The number of rotatable bonds is 35. The fraction of sp³-hybridized carbons (Fsp3) is 0.279. The van der Waals surface area contributed by atoms with Crippen molar-refractivity contribution in [2.24, 2.45) is 16.0 Å². The van der Waals surface area contributed by atoms with Gasteiger partial charge in [-0.05, 0) is 264 Å². The molecule has 138 heavy (non-hydrogen) atoms. The third-order valence-electron chi connectivity index (χ3n) is 19.1. The van der Waals surface area contributed by atoms with Crippen LogP contribution < -0.4 is 26.7 Å². The highest BCUT2D eigenvalue weighted by Crippen LogP contribution is 2.27. The van der Waals surface area contributed by atoms with Gasteiger partial charge in [0.15, 0.2) is 11.6 Å². The first kappa shape index (κ1) is 116. The van der Waals surface area contributed by atoms with E-state index in [9.17, 15) is 39.0 Å². The average Bonchev–Trinajstić information content (AvgIpc) is 1.70. The van der Waals surface area contributed by atoms with Crippen LogP contribution in [0.4, 0.5) is 14.4 Å². The molecular weight excluding hydrogens is 1870 g/mol. The molecule has 732 valence electrons. The van der Waals surface area contributed by atoms with Crippen molar-refractivity contribution in [3.63, 3.8) is 0 Å². The van der Waals surface area contributed by atoms with Crippen molar-refractivity contribution >= 4 is 148 Å². The van der Waals surface area contributed by atoms with Gasteiger partial charge in [0.2, 0.25) is 0 Å². The van der Waals surface area contributed by atoms with E-state index < -0.39 is 41.2 Å². The van der Waals surface area contributed by atoms with Gasteiger partial charge in [0.25, 0.3) is 0 Å². The zero-order valence-electron chi connectivity index (χ0n) is 79.5. The first-order valence-electron chi connectivity index (χ1n) is 44.9. The number of aldehydes is 1. The number of Topliss-reactive ketones (excluding diaryl/α,β-unsaturated/α-hetero) is 2. The molecule has 0 aromatic heterocycles. The van der Waals surface area contributed by atoms with Gasteiger partial charge in [0.1, 0.15) is 29.2 Å². The summed E-state index contributed by atoms with van der Waals surface area (Å²) in [6.07, 6.45) is 16.8. The number of amides is 3. The van der Waals surface area contributed by atoms with Crippen LogP contribution in [-0.2, 0) is 65.5 Å². The Morgan fingerprint density at radius 2 is 0.754 bits per heavy atom. The summed E-state index contributed by atoms with van der Waals surface area (Å²) in [5.74, 6) is -0.196. The number of hydrogen-bond acceptors (Lipinski definition) is 18. The molecule has 0 aliphatic carbocycles. The van der Waals surface area contributed by atoms with Crippen LogP contribution in [0.15, 0.2) is 324 Å². The Kier molecular flexibility index (Phi) is 54.8. The molecule has 1 heterocycles. The largest absolute Gasteiger partial charge is 0.444 e. The summed E-state index contributed by atoms with van der Waals surface area (Å²) in [7, 11) is 0. The van der Waals surface area contributed by atoms with Crippen molar-refractivity contribution < 1.29 is 68.4 Å². The second-order valence-electron chi connectivity index (χ2n) is 34.5. The van der Waals surface area contributed by atoms with E-state index in [0.717, 1.165) is 86.1 Å². The lowest BCUT2D eigenvalue weighted by Crippen LogP contribution is -2.34. The molecule has 1 aliphatic heterocycles. The number of oxime groups is 2. The Bertz CT molecular complexity index is 5500. The third-order valence-corrected chi connectivity index (χ3v) is 20.4. The second-order valence-corrected chi connectivity index (χ2v) is 36.9. The molecule has 10 aromatic rings. The molecule has 3 amide bonds. The summed E-state index contributed by atoms with van der Waals surface area (Å²) in [4.78, 5) is 78.0. The zero-order valence-corrected chi connectivity index (χ0v) is 84.0. The van der Waals surface area contributed by atoms with E-state index in [-0.39, 0.29) is 49.6 Å². The first-order valence-corrected chi connectivity index (χ1v) is 47.2. The molecule has 1 aliphatic rings. The highest BCUT2D eigenvalue weighted by Gasteiger charge is 2.26. The molecule has 0 saturated carbocycles. The molecule has 21 nitrogen and oxygen atoms in total. The molecular formula is C111H127Cl6N7O14. The number of aliphatic hydroxyl groups excluding tert-OH is 2. The van der Waals surface area contributed by atoms with Gasteiger partial charge in [0.05, 0.1) is 24.1 Å². The summed E-state index contributed by atoms with van der Waals surface area (Å²) < 4.78 is 15.4. The second kappa shape index (κ2) is 64.9. The van der Waals surface area contributed by atoms with Crippen LogP contribution in [0.1, 0.15) is 163 Å². The fourth-order valence-corrected chi connectivity index (χ4v) is 13.4. The van der Waals surface area contributed by atoms with Crippen LogP contribution in [0, 0.1) is 0 Å². The van der Waals surface area contributed by atoms with Crippen LogP contribution in [0.3, 0.4) is 0 Å². The molecule has 11 rings (SSSR count). The minimum Gasteiger partial charge on any atom is -0.444 e. The molecule has 3 atom stereocenters. The van der Waals surface area contributed by atoms with E-state index in [1.165, 1.54) is 22.3 Å². The summed E-state index contributed by atoms with van der Waals surface area (Å²) >= 11 is 33.9. The fourth-order valence-electron chi connectivity index (χ4n) is 12.7. The molecule has 0 saturated heterocycles. The zero-order chi connectivity index (χ0) is 101. The first-order chi connectivity index (χ1) is 65.9. The number of nitrogens with one attached hydrogen (secondary N) is 4. The lowest BCUT2D eigenvalue weighted by Gasteiger charge is -2.20. The van der Waals surface area contributed by atoms with Crippen molar-refractivity contribution in [1.29, 1.82) is 0 Å². The summed E-state index contributed by atoms with van der Waals surface area (Å²) in [6.45, 7) is 21.5. The van der Waals surface area contributed by atoms with E-state index in [1.807, 2.05) is 302 Å². The minimum atomic E-state index is -0.869. The predicted octanol–water partition coefficient (Wildman–Crippen LogP) is 25.7. The molecule has 0 spiro atoms. The smallest absolute Gasteiger partial charge is 0.407 e. The van der Waals surface area contributed by atoms with Crippen molar-refractivity contribution in [1.82, 2.24) is 20.9 Å². The number of allylic oxidation sites excluding steroid dienone is 5. The molecule has 0 radical (unpaired) electrons. The number of hydrogen-bond donors (Lipinski definition) is 9. The summed E-state index contributed by atoms with van der Waals surface area (Å²) in [5.41, 5.74) is 19.3. The van der Waals surface area contributed by atoms with Crippen molar-refractivity contribution in [3.8, 4) is 0 Å². The quantitative estimate of drug-likeness (QED) is 0.00205. The molecule has 27 heteroatoms. The van der Waals surface area contributed by atoms with Crippen molar-refractivity contribution in [2.45, 2.75) is 174 Å². The topological polar surface area (TPSA) is 319 Å². The Labute approximate surface area is 842 Å². The minimum absolute atomic E-state index is 0.0255. The molecule has 0 fully saturated rings. The highest BCUT2D eigenvalue weighted by atomic mass is 35.5. The standard InChI is InChI=1S/C25H29ClN2O3.C25H30ClNO4.C20H22ClNO2.C16H14ClNO.C16H13ClO.C9H17NO2.ClH2NO/c1-25(2,3)30-24(29)27-14-13-22-17-23(28-31-22)20(15-18-7-5-4-6-8-18)16-19-9-11-21(26)12-10-19;1-25(2,3)31-24(30)27-14-13-22(28)17-23(29)20(15-18-7-5-4-6-8-18)16-19-9-11-21(26)12-10-19;21-18-8-6-16(7-9-18)13-17(12-15-4-2-1-3-5-15)20(24)14-19(23)10-11-22;17-16-8-6-14(7-9-16)11-15(12-18-19)10-13-4-2-1-3-5-13;17-16-8-6-14(7-9-16)11-15(12-18)10-13-4-2-1-3-5-13;1-5-6-7-10-8(11)12-9(2,3)4;1-2-3/h4-12,16,22H,13-15,17H2,1-3H3,(H,27,29);4-12,16,22,28H,13-15,17H2,1-3H3,(H,27,30);1-9,13,19,23H,10-12,14,22H2;1-9,11-12,19H,10H2;1-9,11-12H,10H2;5H,1,6-7H2,2-4H3,(H,10,11);2-3H/b;;;15-11?,18-12+;;;. The Morgan fingerprint density at radius 3 is 1.09 bits per heavy atom. The van der Waals surface area contributed by atoms with Crippen LogP contribution in [-0.4, -0.2) is 130 Å². The van der Waals surface area contributed by atoms with Gasteiger partial charge in [-0.3, -0.25) is 14.4 Å². The summed E-state index contributed by atoms with van der Waals surface area (Å²) in [5, 5.41) is 54.9. The molecule has 0 bridgehead atoms. The highest BCUT2D eigenvalue weighted by molar-refractivity contribution is 6.32. The predicted molar refractivity (Wildman–Crippen MR) is 564 cm³/mol. The molecule has 10 N–H and O–H groups in total. The number of alkyl carbamates (subject to hydrolysis) is 3. The Balaban J connectivity index is 0.000000297. The van der Waals surface area contributed by atoms with E-state index in [0.29, 0.717) is 101 Å². The number of benzene rings is 10. The van der Waals surface area contributed by atoms with Crippen LogP contribution in [0.25, 0.3) is 30.4 Å². The SMILES string of the molecule is C=CCCNC(=O)OC(C)(C)C.CC(C)(C)OC(=O)NCCC(O)CC(=O)C(=Cc1ccc(Cl)cc1)Cc1ccccc1.CC(C)(C)OC(=O)NCCC1CC(C(=Cc2ccc(Cl)cc2)Cc2ccccc2)=NO1.NCCC(O)CC(=O)C(=Cc1ccc(Cl)cc1)Cc1ccccc1.O/N=C/C(=Cc1ccc(Cl)cc1)Cc1ccccc1.O=CC(=Cc1ccc(Cl)cc1)Cc1ccccc1.ONCl. The van der Waals surface area contributed by atoms with Gasteiger partial charge < -0.3 is 61.4 Å². The van der Waals surface area contributed by atoms with Crippen molar-refractivity contribution in [3.05, 3.63) is 394 Å². The normalized spacial score (nSPS) is 13.0. The number of ether oxygens (including phenoxy) is 3. The summed E-state index contributed by atoms with van der Waals surface area (Å²) in [6, 6.07) is 87.1. The number of aliphatic hydroxyl groups is 2. The number of nitrogens with zero attached hydrogens (tertiary/aromatic N) is 2. The van der Waals surface area contributed by atoms with Crippen molar-refractivity contribution in [2.75, 3.05) is 26.2 Å². The number of ketones is 2. The maximum absolute atomic E-state index is 12.9. The third kappa shape index (κ3) is 53.6. The molecule has 3 unspecified atom stereocenters. The lowest BCUT2D eigenvalue weighted by atomic mass is 9.95. The van der Waals surface area contributed by atoms with E-state index >= 15 is 0 Å². The van der Waals surface area contributed by atoms with E-state index in [4.69, 9.17) is 93.2 Å². The van der Waals surface area contributed by atoms with E-state index in [1.54, 1.807) is 51.1 Å². The lowest BCUT2D eigenvalue weighted by molar-refractivity contribution is -0.118. The number of nitrogens with two attached hydrogens (primary N) is 1.